The van der Waals surface area contributed by atoms with Gasteiger partial charge in [-0.2, -0.15) is 0 Å². The van der Waals surface area contributed by atoms with E-state index in [4.69, 9.17) is 9.47 Å². The van der Waals surface area contributed by atoms with Gasteiger partial charge in [0.2, 0.25) is 0 Å². The van der Waals surface area contributed by atoms with Crippen LogP contribution in [0.25, 0.3) is 0 Å². The molecule has 7 nitrogen and oxygen atoms in total. The van der Waals surface area contributed by atoms with Crippen LogP contribution >= 0.6 is 0 Å². The monoisotopic (exact) mass is 326 g/mol. The fourth-order valence-corrected chi connectivity index (χ4v) is 3.06. The van der Waals surface area contributed by atoms with Crippen LogP contribution in [0.3, 0.4) is 0 Å². The molecule has 1 heterocycles. The molecule has 2 amide bonds. The first-order valence-corrected chi connectivity index (χ1v) is 7.92. The van der Waals surface area contributed by atoms with Gasteiger partial charge in [0, 0.05) is 5.92 Å². The molecular formula is C16H26N2O5. The Kier molecular flexibility index (Phi) is 4.34. The first-order chi connectivity index (χ1) is 10.4. The van der Waals surface area contributed by atoms with E-state index in [0.717, 1.165) is 6.29 Å². The summed E-state index contributed by atoms with van der Waals surface area (Å²) in [6.45, 7) is 10.6. The number of rotatable bonds is 1. The summed E-state index contributed by atoms with van der Waals surface area (Å²) in [6.07, 6.45) is 0.769. The number of hydrogen-bond acceptors (Lipinski definition) is 5. The van der Waals surface area contributed by atoms with E-state index in [1.54, 1.807) is 41.5 Å². The highest BCUT2D eigenvalue weighted by Crippen LogP contribution is 2.42. The zero-order valence-electron chi connectivity index (χ0n) is 14.7. The molecule has 1 aliphatic heterocycles. The van der Waals surface area contributed by atoms with Gasteiger partial charge in [0.1, 0.15) is 17.5 Å². The Balaban J connectivity index is 2.24. The third-order valence-electron chi connectivity index (χ3n) is 3.78. The summed E-state index contributed by atoms with van der Waals surface area (Å²) in [5, 5.41) is 2.59. The molecule has 2 rings (SSSR count). The second kappa shape index (κ2) is 5.69. The Morgan fingerprint density at radius 1 is 0.913 bits per heavy atom. The molecule has 0 radical (unpaired) electrons. The van der Waals surface area contributed by atoms with Crippen LogP contribution in [-0.2, 0) is 14.3 Å². The van der Waals surface area contributed by atoms with Crippen LogP contribution in [0.15, 0.2) is 0 Å². The van der Waals surface area contributed by atoms with E-state index >= 15 is 0 Å². The number of nitrogens with zero attached hydrogens (tertiary/aromatic N) is 2. The second-order valence-electron chi connectivity index (χ2n) is 8.14. The van der Waals surface area contributed by atoms with E-state index in [0.29, 0.717) is 12.8 Å². The lowest BCUT2D eigenvalue weighted by Crippen LogP contribution is -2.57. The zero-order chi connectivity index (χ0) is 17.6. The Morgan fingerprint density at radius 3 is 1.83 bits per heavy atom. The molecule has 1 aliphatic carbocycles. The molecular weight excluding hydrogens is 300 g/mol. The van der Waals surface area contributed by atoms with Crippen molar-refractivity contribution in [3.05, 3.63) is 0 Å². The highest BCUT2D eigenvalue weighted by molar-refractivity contribution is 5.77. The van der Waals surface area contributed by atoms with Gasteiger partial charge in [0.15, 0.2) is 0 Å². The van der Waals surface area contributed by atoms with Crippen molar-refractivity contribution in [2.24, 2.45) is 5.92 Å². The minimum absolute atomic E-state index is 0.211. The highest BCUT2D eigenvalue weighted by atomic mass is 16.6. The van der Waals surface area contributed by atoms with E-state index in [-0.39, 0.29) is 18.0 Å². The molecule has 2 bridgehead atoms. The fraction of sp³-hybridized carbons (Fsp3) is 0.812. The van der Waals surface area contributed by atoms with Crippen LogP contribution in [0, 0.1) is 5.92 Å². The van der Waals surface area contributed by atoms with Crippen LogP contribution in [0.2, 0.25) is 0 Å². The standard InChI is InChI=1S/C16H26N2O5/c1-15(2,3)22-13(20)17-11-7-10(9-19)12(8-11)18(17)14(21)23-16(4,5)6/h9-12H,7-8H2,1-6H3/t10-,11+,12+/m0/s1. The van der Waals surface area contributed by atoms with Gasteiger partial charge in [-0.15, -0.1) is 0 Å². The summed E-state index contributed by atoms with van der Waals surface area (Å²) in [6, 6.07) is -0.558. The molecule has 0 spiro atoms. The summed E-state index contributed by atoms with van der Waals surface area (Å²) >= 11 is 0. The third-order valence-corrected chi connectivity index (χ3v) is 3.78. The molecule has 0 aromatic carbocycles. The van der Waals surface area contributed by atoms with Crippen LogP contribution in [0.4, 0.5) is 9.59 Å². The number of carbonyl (C=O) groups excluding carboxylic acids is 3. The van der Waals surface area contributed by atoms with Crippen molar-refractivity contribution in [1.29, 1.82) is 0 Å². The largest absolute Gasteiger partial charge is 0.442 e. The number of carbonyl (C=O) groups is 3. The maximum absolute atomic E-state index is 12.5. The Labute approximate surface area is 136 Å². The predicted molar refractivity (Wildman–Crippen MR) is 82.5 cm³/mol. The minimum atomic E-state index is -0.685. The van der Waals surface area contributed by atoms with Crippen molar-refractivity contribution in [3.8, 4) is 0 Å². The van der Waals surface area contributed by atoms with Gasteiger partial charge in [-0.3, -0.25) is 0 Å². The van der Waals surface area contributed by atoms with Crippen LogP contribution in [0.5, 0.6) is 0 Å². The highest BCUT2D eigenvalue weighted by Gasteiger charge is 2.56. The van der Waals surface area contributed by atoms with E-state index in [1.165, 1.54) is 10.0 Å². The van der Waals surface area contributed by atoms with Crippen LogP contribution in [-0.4, -0.2) is 51.8 Å². The maximum atomic E-state index is 12.5. The summed E-state index contributed by atoms with van der Waals surface area (Å²) in [5.41, 5.74) is -1.35. The SMILES string of the molecule is CC(C)(C)OC(=O)N1[C@@H]2C[C@@H](C=O)[C@@H](C2)N1C(=O)OC(C)(C)C. The number of hydrogen-bond donors (Lipinski definition) is 0. The molecule has 7 heteroatoms. The number of amides is 2. The maximum Gasteiger partial charge on any atom is 0.429 e. The second-order valence-corrected chi connectivity index (χ2v) is 8.14. The van der Waals surface area contributed by atoms with Crippen molar-refractivity contribution in [3.63, 3.8) is 0 Å². The van der Waals surface area contributed by atoms with Crippen molar-refractivity contribution >= 4 is 18.5 Å². The molecule has 2 fully saturated rings. The van der Waals surface area contributed by atoms with Gasteiger partial charge < -0.3 is 14.3 Å². The van der Waals surface area contributed by atoms with Crippen LogP contribution in [0.1, 0.15) is 54.4 Å². The van der Waals surface area contributed by atoms with Gasteiger partial charge in [-0.25, -0.2) is 19.6 Å². The van der Waals surface area contributed by atoms with E-state index in [9.17, 15) is 14.4 Å². The molecule has 0 unspecified atom stereocenters. The average Bonchev–Trinajstić information content (AvgIpc) is 2.90. The van der Waals surface area contributed by atoms with Gasteiger partial charge >= 0.3 is 12.2 Å². The molecule has 0 aromatic heterocycles. The van der Waals surface area contributed by atoms with Crippen LogP contribution < -0.4 is 0 Å². The van der Waals surface area contributed by atoms with E-state index < -0.39 is 23.4 Å². The molecule has 0 N–H and O–H groups in total. The third kappa shape index (κ3) is 3.76. The lowest BCUT2D eigenvalue weighted by Gasteiger charge is -2.40. The molecule has 23 heavy (non-hydrogen) atoms. The molecule has 1 saturated heterocycles. The van der Waals surface area contributed by atoms with E-state index in [2.05, 4.69) is 0 Å². The van der Waals surface area contributed by atoms with Gasteiger partial charge in [-0.1, -0.05) is 0 Å². The lowest BCUT2D eigenvalue weighted by atomic mass is 10.0. The first-order valence-electron chi connectivity index (χ1n) is 7.92. The minimum Gasteiger partial charge on any atom is -0.442 e. The van der Waals surface area contributed by atoms with Gasteiger partial charge in [-0.05, 0) is 54.4 Å². The quantitative estimate of drug-likeness (QED) is 0.693. The summed E-state index contributed by atoms with van der Waals surface area (Å²) in [4.78, 5) is 36.3. The van der Waals surface area contributed by atoms with E-state index in [1.807, 2.05) is 0 Å². The summed E-state index contributed by atoms with van der Waals surface area (Å²) < 4.78 is 10.8. The zero-order valence-corrected chi connectivity index (χ0v) is 14.7. The Bertz CT molecular complexity index is 506. The Morgan fingerprint density at radius 2 is 1.39 bits per heavy atom. The Hall–Kier alpha value is -1.79. The van der Waals surface area contributed by atoms with Gasteiger partial charge in [0.25, 0.3) is 0 Å². The number of ether oxygens (including phenoxy) is 2. The number of hydrazine groups is 1. The van der Waals surface area contributed by atoms with Crippen molar-refractivity contribution in [2.75, 3.05) is 0 Å². The lowest BCUT2D eigenvalue weighted by molar-refractivity contribution is -0.119. The molecule has 130 valence electrons. The average molecular weight is 326 g/mol. The predicted octanol–water partition coefficient (Wildman–Crippen LogP) is 2.74. The fourth-order valence-electron chi connectivity index (χ4n) is 3.06. The van der Waals surface area contributed by atoms with Crippen molar-refractivity contribution in [2.45, 2.75) is 77.7 Å². The van der Waals surface area contributed by atoms with Crippen molar-refractivity contribution in [1.82, 2.24) is 10.0 Å². The molecule has 0 aromatic rings. The number of fused-ring (bicyclic) bond motifs is 2. The smallest absolute Gasteiger partial charge is 0.429 e. The summed E-state index contributed by atoms with van der Waals surface area (Å²) in [7, 11) is 0. The first kappa shape index (κ1) is 17.6. The molecule has 1 saturated carbocycles. The van der Waals surface area contributed by atoms with Gasteiger partial charge in [0.05, 0.1) is 12.1 Å². The molecule has 2 aliphatic rings. The number of aldehydes is 1. The normalized spacial score (nSPS) is 27.1. The molecule has 3 atom stereocenters. The topological polar surface area (TPSA) is 76.2 Å². The summed E-state index contributed by atoms with van der Waals surface area (Å²) in [5.74, 6) is -0.272. The van der Waals surface area contributed by atoms with Crippen molar-refractivity contribution < 1.29 is 23.9 Å².